The van der Waals surface area contributed by atoms with E-state index in [1.54, 1.807) is 0 Å². The lowest BCUT2D eigenvalue weighted by molar-refractivity contribution is 0.685. The van der Waals surface area contributed by atoms with Crippen molar-refractivity contribution in [3.05, 3.63) is 35.4 Å². The predicted molar refractivity (Wildman–Crippen MR) is 67.1 cm³/mol. The molecule has 0 aliphatic rings. The van der Waals surface area contributed by atoms with Crippen molar-refractivity contribution in [1.82, 2.24) is 0 Å². The zero-order valence-electron chi connectivity index (χ0n) is 10.00. The third-order valence-electron chi connectivity index (χ3n) is 2.79. The molecule has 1 aromatic carbocycles. The molecule has 0 aliphatic carbocycles. The lowest BCUT2D eigenvalue weighted by Gasteiger charge is -2.07. The molecule has 0 saturated carbocycles. The lowest BCUT2D eigenvalue weighted by atomic mass is 9.98. The minimum Gasteiger partial charge on any atom is -0.330 e. The Balaban J connectivity index is 2.43. The van der Waals surface area contributed by atoms with E-state index in [0.717, 1.165) is 13.0 Å². The Morgan fingerprint density at radius 3 is 2.60 bits per heavy atom. The smallest absolute Gasteiger partial charge is 0.00773 e. The number of unbranched alkanes of at least 4 members (excludes halogenated alkanes) is 2. The molecule has 0 atom stereocenters. The molecule has 1 nitrogen and oxygen atoms in total. The van der Waals surface area contributed by atoms with Crippen molar-refractivity contribution in [3.8, 4) is 0 Å². The molecule has 0 heterocycles. The molecule has 0 fully saturated rings. The Hall–Kier alpha value is -0.820. The fourth-order valence-electron chi connectivity index (χ4n) is 1.76. The minimum absolute atomic E-state index is 0.633. The molecule has 0 aliphatic heterocycles. The highest BCUT2D eigenvalue weighted by Crippen LogP contribution is 2.16. The van der Waals surface area contributed by atoms with Gasteiger partial charge in [0.15, 0.2) is 0 Å². The van der Waals surface area contributed by atoms with Crippen LogP contribution in [0.5, 0.6) is 0 Å². The van der Waals surface area contributed by atoms with Gasteiger partial charge in [0.1, 0.15) is 0 Å². The predicted octanol–water partition coefficient (Wildman–Crippen LogP) is 3.48. The van der Waals surface area contributed by atoms with Crippen molar-refractivity contribution in [2.45, 2.75) is 45.4 Å². The van der Waals surface area contributed by atoms with Crippen LogP contribution in [0.25, 0.3) is 0 Å². The molecular formula is C14H23N. The van der Waals surface area contributed by atoms with Crippen molar-refractivity contribution in [2.24, 2.45) is 5.73 Å². The number of hydrogen-bond donors (Lipinski definition) is 1. The van der Waals surface area contributed by atoms with Gasteiger partial charge in [-0.15, -0.1) is 0 Å². The van der Waals surface area contributed by atoms with Crippen molar-refractivity contribution >= 4 is 0 Å². The highest BCUT2D eigenvalue weighted by molar-refractivity contribution is 5.25. The SMILES string of the molecule is CC(C)c1cccc(CCCCCN)c1. The van der Waals surface area contributed by atoms with Gasteiger partial charge in [0.05, 0.1) is 0 Å². The molecule has 1 aromatic rings. The Morgan fingerprint density at radius 1 is 1.13 bits per heavy atom. The third-order valence-corrected chi connectivity index (χ3v) is 2.79. The van der Waals surface area contributed by atoms with Gasteiger partial charge in [-0.2, -0.15) is 0 Å². The van der Waals surface area contributed by atoms with Gasteiger partial charge in [0.25, 0.3) is 0 Å². The van der Waals surface area contributed by atoms with Crippen molar-refractivity contribution < 1.29 is 0 Å². The van der Waals surface area contributed by atoms with E-state index in [1.165, 1.54) is 30.4 Å². The van der Waals surface area contributed by atoms with E-state index >= 15 is 0 Å². The summed E-state index contributed by atoms with van der Waals surface area (Å²) in [5.74, 6) is 0.633. The summed E-state index contributed by atoms with van der Waals surface area (Å²) in [6, 6.07) is 8.96. The maximum Gasteiger partial charge on any atom is -0.00773 e. The van der Waals surface area contributed by atoms with Crippen LogP contribution in [0, 0.1) is 0 Å². The highest BCUT2D eigenvalue weighted by Gasteiger charge is 1.99. The van der Waals surface area contributed by atoms with Crippen molar-refractivity contribution in [2.75, 3.05) is 6.54 Å². The number of rotatable bonds is 6. The van der Waals surface area contributed by atoms with Gasteiger partial charge in [0.2, 0.25) is 0 Å². The van der Waals surface area contributed by atoms with Crippen LogP contribution >= 0.6 is 0 Å². The Kier molecular flexibility index (Phi) is 5.41. The van der Waals surface area contributed by atoms with E-state index in [9.17, 15) is 0 Å². The third kappa shape index (κ3) is 4.48. The van der Waals surface area contributed by atoms with Gasteiger partial charge in [0, 0.05) is 0 Å². The van der Waals surface area contributed by atoms with Gasteiger partial charge in [-0.1, -0.05) is 44.5 Å². The van der Waals surface area contributed by atoms with E-state index < -0.39 is 0 Å². The highest BCUT2D eigenvalue weighted by atomic mass is 14.5. The number of benzene rings is 1. The van der Waals surface area contributed by atoms with Crippen molar-refractivity contribution in [3.63, 3.8) is 0 Å². The first-order valence-corrected chi connectivity index (χ1v) is 6.03. The molecule has 0 amide bonds. The summed E-state index contributed by atoms with van der Waals surface area (Å²) in [6.45, 7) is 5.31. The Bertz CT molecular complexity index is 278. The molecular weight excluding hydrogens is 182 g/mol. The van der Waals surface area contributed by atoms with Gasteiger partial charge < -0.3 is 5.73 Å². The van der Waals surface area contributed by atoms with Crippen LogP contribution in [0.3, 0.4) is 0 Å². The molecule has 0 saturated heterocycles. The number of hydrogen-bond acceptors (Lipinski definition) is 1. The van der Waals surface area contributed by atoms with E-state index in [0.29, 0.717) is 5.92 Å². The van der Waals surface area contributed by atoms with E-state index in [4.69, 9.17) is 5.73 Å². The normalized spacial score (nSPS) is 10.9. The maximum absolute atomic E-state index is 5.47. The molecule has 2 N–H and O–H groups in total. The summed E-state index contributed by atoms with van der Waals surface area (Å²) in [6.07, 6.45) is 4.87. The first-order valence-electron chi connectivity index (χ1n) is 6.03. The second kappa shape index (κ2) is 6.62. The molecule has 0 unspecified atom stereocenters. The van der Waals surface area contributed by atoms with Crippen LogP contribution in [0.2, 0.25) is 0 Å². The van der Waals surface area contributed by atoms with Gasteiger partial charge in [-0.25, -0.2) is 0 Å². The van der Waals surface area contributed by atoms with Crippen LogP contribution in [-0.2, 0) is 6.42 Å². The summed E-state index contributed by atoms with van der Waals surface area (Å²) in [7, 11) is 0. The summed E-state index contributed by atoms with van der Waals surface area (Å²) >= 11 is 0. The molecule has 84 valence electrons. The quantitative estimate of drug-likeness (QED) is 0.707. The van der Waals surface area contributed by atoms with Crippen LogP contribution in [0.1, 0.15) is 50.2 Å². The number of aryl methyl sites for hydroxylation is 1. The van der Waals surface area contributed by atoms with E-state index in [2.05, 4.69) is 38.1 Å². The molecule has 1 rings (SSSR count). The van der Waals surface area contributed by atoms with Gasteiger partial charge in [-0.05, 0) is 42.9 Å². The largest absolute Gasteiger partial charge is 0.330 e. The second-order valence-electron chi connectivity index (χ2n) is 4.50. The minimum atomic E-state index is 0.633. The zero-order chi connectivity index (χ0) is 11.1. The topological polar surface area (TPSA) is 26.0 Å². The molecule has 1 heteroatoms. The summed E-state index contributed by atoms with van der Waals surface area (Å²) < 4.78 is 0. The average molecular weight is 205 g/mol. The molecule has 0 aromatic heterocycles. The van der Waals surface area contributed by atoms with E-state index in [1.807, 2.05) is 0 Å². The summed E-state index contributed by atoms with van der Waals surface area (Å²) in [5, 5.41) is 0. The maximum atomic E-state index is 5.47. The first-order chi connectivity index (χ1) is 7.24. The molecule has 0 spiro atoms. The molecule has 15 heavy (non-hydrogen) atoms. The van der Waals surface area contributed by atoms with Crippen molar-refractivity contribution in [1.29, 1.82) is 0 Å². The van der Waals surface area contributed by atoms with Crippen LogP contribution < -0.4 is 5.73 Å². The second-order valence-corrected chi connectivity index (χ2v) is 4.50. The number of nitrogens with two attached hydrogens (primary N) is 1. The standard InChI is InChI=1S/C14H23N/c1-12(2)14-9-6-8-13(11-14)7-4-3-5-10-15/h6,8-9,11-12H,3-5,7,10,15H2,1-2H3. The molecule has 0 radical (unpaired) electrons. The summed E-state index contributed by atoms with van der Waals surface area (Å²) in [4.78, 5) is 0. The average Bonchev–Trinajstić information content (AvgIpc) is 2.25. The summed E-state index contributed by atoms with van der Waals surface area (Å²) in [5.41, 5.74) is 8.39. The zero-order valence-corrected chi connectivity index (χ0v) is 10.00. The monoisotopic (exact) mass is 205 g/mol. The fraction of sp³-hybridized carbons (Fsp3) is 0.571. The Morgan fingerprint density at radius 2 is 1.93 bits per heavy atom. The fourth-order valence-corrected chi connectivity index (χ4v) is 1.76. The Labute approximate surface area is 93.7 Å². The van der Waals surface area contributed by atoms with Crippen LogP contribution in [0.15, 0.2) is 24.3 Å². The van der Waals surface area contributed by atoms with Crippen LogP contribution in [-0.4, -0.2) is 6.54 Å². The lowest BCUT2D eigenvalue weighted by Crippen LogP contribution is -1.98. The first kappa shape index (κ1) is 12.3. The van der Waals surface area contributed by atoms with Gasteiger partial charge >= 0.3 is 0 Å². The van der Waals surface area contributed by atoms with E-state index in [-0.39, 0.29) is 0 Å². The molecule has 0 bridgehead atoms. The van der Waals surface area contributed by atoms with Gasteiger partial charge in [-0.3, -0.25) is 0 Å². The van der Waals surface area contributed by atoms with Crippen LogP contribution in [0.4, 0.5) is 0 Å².